The van der Waals surface area contributed by atoms with E-state index in [1.807, 2.05) is 39.8 Å². The highest BCUT2D eigenvalue weighted by Gasteiger charge is 2.28. The number of sulfonamides is 1. The zero-order chi connectivity index (χ0) is 26.3. The summed E-state index contributed by atoms with van der Waals surface area (Å²) < 4.78 is 33.6. The lowest BCUT2D eigenvalue weighted by molar-refractivity contribution is -0.114. The van der Waals surface area contributed by atoms with Gasteiger partial charge in [0, 0.05) is 5.69 Å². The van der Waals surface area contributed by atoms with Crippen molar-refractivity contribution in [1.29, 1.82) is 0 Å². The Bertz CT molecular complexity index is 1320. The minimum atomic E-state index is -4.02. The molecule has 0 heterocycles. The average Bonchev–Trinajstić information content (AvgIpc) is 2.85. The molecule has 0 unspecified atom stereocenters. The molecule has 1 N–H and O–H groups in total. The van der Waals surface area contributed by atoms with Crippen LogP contribution in [0, 0.1) is 20.8 Å². The Balaban J connectivity index is 1.83. The molecule has 0 aliphatic heterocycles. The van der Waals surface area contributed by atoms with Gasteiger partial charge in [-0.15, -0.1) is 0 Å². The number of ether oxygens (including phenoxy) is 1. The molecule has 0 spiro atoms. The third-order valence-corrected chi connectivity index (χ3v) is 7.44. The zero-order valence-electron chi connectivity index (χ0n) is 21.1. The summed E-state index contributed by atoms with van der Waals surface area (Å²) in [5.41, 5.74) is 3.80. The highest BCUT2D eigenvalue weighted by atomic mass is 32.2. The molecule has 0 radical (unpaired) electrons. The third-order valence-electron chi connectivity index (χ3n) is 5.66. The largest absolute Gasteiger partial charge is 0.462 e. The normalized spacial score (nSPS) is 11.1. The Morgan fingerprint density at radius 2 is 1.53 bits per heavy atom. The molecule has 8 heteroatoms. The van der Waals surface area contributed by atoms with Crippen molar-refractivity contribution in [2.24, 2.45) is 0 Å². The number of hydrogen-bond donors (Lipinski definition) is 1. The number of nitrogens with zero attached hydrogens (tertiary/aromatic N) is 1. The molecule has 0 saturated carbocycles. The van der Waals surface area contributed by atoms with E-state index in [1.54, 1.807) is 54.6 Å². The molecule has 0 fully saturated rings. The van der Waals surface area contributed by atoms with E-state index in [0.717, 1.165) is 33.8 Å². The number of nitrogens with one attached hydrogen (secondary N) is 1. The van der Waals surface area contributed by atoms with Crippen LogP contribution in [0.2, 0.25) is 0 Å². The molecule has 0 aliphatic rings. The first-order chi connectivity index (χ1) is 17.1. The maximum atomic E-state index is 13.6. The quantitative estimate of drug-likeness (QED) is 0.292. The fraction of sp³-hybridized carbons (Fsp3) is 0.286. The Morgan fingerprint density at radius 3 is 2.17 bits per heavy atom. The Hall–Kier alpha value is -3.65. The molecular formula is C28H32N2O5S. The maximum absolute atomic E-state index is 13.6. The van der Waals surface area contributed by atoms with Crippen molar-refractivity contribution in [3.8, 4) is 0 Å². The summed E-state index contributed by atoms with van der Waals surface area (Å²) in [6.45, 7) is 7.51. The number of esters is 1. The van der Waals surface area contributed by atoms with Gasteiger partial charge >= 0.3 is 5.97 Å². The first-order valence-electron chi connectivity index (χ1n) is 11.9. The minimum Gasteiger partial charge on any atom is -0.462 e. The number of rotatable bonds is 10. The predicted octanol–water partition coefficient (Wildman–Crippen LogP) is 5.40. The van der Waals surface area contributed by atoms with Crippen LogP contribution in [0.1, 0.15) is 46.8 Å². The van der Waals surface area contributed by atoms with Gasteiger partial charge in [0.15, 0.2) is 0 Å². The van der Waals surface area contributed by atoms with Crippen molar-refractivity contribution in [3.05, 3.63) is 89.0 Å². The monoisotopic (exact) mass is 508 g/mol. The van der Waals surface area contributed by atoms with Gasteiger partial charge < -0.3 is 10.1 Å². The Kier molecular flexibility index (Phi) is 8.88. The van der Waals surface area contributed by atoms with Crippen LogP contribution in [-0.4, -0.2) is 33.4 Å². The maximum Gasteiger partial charge on any atom is 0.338 e. The highest BCUT2D eigenvalue weighted by Crippen LogP contribution is 2.28. The number of hydrogen-bond acceptors (Lipinski definition) is 5. The Morgan fingerprint density at radius 1 is 0.889 bits per heavy atom. The van der Waals surface area contributed by atoms with Gasteiger partial charge in [-0.25, -0.2) is 13.2 Å². The molecule has 0 atom stereocenters. The molecule has 0 saturated heterocycles. The summed E-state index contributed by atoms with van der Waals surface area (Å²) in [7, 11) is -4.02. The molecule has 3 aromatic rings. The topological polar surface area (TPSA) is 92.8 Å². The van der Waals surface area contributed by atoms with Crippen molar-refractivity contribution in [2.45, 2.75) is 45.4 Å². The zero-order valence-corrected chi connectivity index (χ0v) is 21.9. The SMILES string of the molecule is CCCCOC(=O)c1ccc(NC(=O)CN(c2cc(C)ccc2C)S(=O)(=O)c2ccc(C)cc2)cc1. The fourth-order valence-corrected chi connectivity index (χ4v) is 5.02. The summed E-state index contributed by atoms with van der Waals surface area (Å²) in [4.78, 5) is 25.2. The number of anilines is 2. The molecule has 36 heavy (non-hydrogen) atoms. The molecule has 190 valence electrons. The first-order valence-corrected chi connectivity index (χ1v) is 13.3. The van der Waals surface area contributed by atoms with Crippen molar-refractivity contribution in [1.82, 2.24) is 0 Å². The smallest absolute Gasteiger partial charge is 0.338 e. The van der Waals surface area contributed by atoms with Crippen molar-refractivity contribution in [2.75, 3.05) is 22.8 Å². The molecule has 0 aliphatic carbocycles. The van der Waals surface area contributed by atoms with Crippen LogP contribution < -0.4 is 9.62 Å². The van der Waals surface area contributed by atoms with Crippen LogP contribution >= 0.6 is 0 Å². The van der Waals surface area contributed by atoms with Crippen molar-refractivity contribution >= 4 is 33.3 Å². The summed E-state index contributed by atoms with van der Waals surface area (Å²) in [5.74, 6) is -0.934. The van der Waals surface area contributed by atoms with Gasteiger partial charge in [-0.3, -0.25) is 9.10 Å². The van der Waals surface area contributed by atoms with Crippen LogP contribution in [0.15, 0.2) is 71.6 Å². The standard InChI is InChI=1S/C28H32N2O5S/c1-5-6-17-35-28(32)23-11-13-24(14-12-23)29-27(31)19-30(26-18-21(3)7-10-22(26)4)36(33,34)25-15-8-20(2)9-16-25/h7-16,18H,5-6,17,19H2,1-4H3,(H,29,31). The van der Waals surface area contributed by atoms with Crippen LogP contribution in [0.25, 0.3) is 0 Å². The van der Waals surface area contributed by atoms with E-state index in [2.05, 4.69) is 5.32 Å². The van der Waals surface area contributed by atoms with E-state index >= 15 is 0 Å². The lowest BCUT2D eigenvalue weighted by Gasteiger charge is -2.26. The van der Waals surface area contributed by atoms with Crippen LogP contribution in [0.3, 0.4) is 0 Å². The molecule has 0 aromatic heterocycles. The Labute approximate surface area is 213 Å². The number of aryl methyl sites for hydroxylation is 3. The van der Waals surface area contributed by atoms with Gasteiger partial charge in [-0.05, 0) is 80.8 Å². The van der Waals surface area contributed by atoms with E-state index in [-0.39, 0.29) is 4.90 Å². The van der Waals surface area contributed by atoms with Gasteiger partial charge in [0.05, 0.1) is 22.8 Å². The lowest BCUT2D eigenvalue weighted by atomic mass is 10.1. The lowest BCUT2D eigenvalue weighted by Crippen LogP contribution is -2.38. The second kappa shape index (κ2) is 11.9. The van der Waals surface area contributed by atoms with E-state index in [4.69, 9.17) is 4.74 Å². The van der Waals surface area contributed by atoms with Gasteiger partial charge in [-0.1, -0.05) is 43.2 Å². The van der Waals surface area contributed by atoms with E-state index in [1.165, 1.54) is 0 Å². The van der Waals surface area contributed by atoms with Gasteiger partial charge in [-0.2, -0.15) is 0 Å². The third kappa shape index (κ3) is 6.73. The van der Waals surface area contributed by atoms with Crippen molar-refractivity contribution in [3.63, 3.8) is 0 Å². The average molecular weight is 509 g/mol. The second-order valence-corrected chi connectivity index (χ2v) is 10.6. The molecule has 3 aromatic carbocycles. The van der Waals surface area contributed by atoms with Gasteiger partial charge in [0.25, 0.3) is 10.0 Å². The van der Waals surface area contributed by atoms with Crippen molar-refractivity contribution < 1.29 is 22.7 Å². The highest BCUT2D eigenvalue weighted by molar-refractivity contribution is 7.92. The molecule has 1 amide bonds. The van der Waals surface area contributed by atoms with Crippen LogP contribution in [0.4, 0.5) is 11.4 Å². The summed E-state index contributed by atoms with van der Waals surface area (Å²) in [6.07, 6.45) is 1.72. The van der Waals surface area contributed by atoms with E-state index in [0.29, 0.717) is 23.5 Å². The van der Waals surface area contributed by atoms with Crippen LogP contribution in [-0.2, 0) is 19.6 Å². The van der Waals surface area contributed by atoms with E-state index in [9.17, 15) is 18.0 Å². The molecular weight excluding hydrogens is 476 g/mol. The van der Waals surface area contributed by atoms with E-state index < -0.39 is 28.4 Å². The number of benzene rings is 3. The predicted molar refractivity (Wildman–Crippen MR) is 142 cm³/mol. The first kappa shape index (κ1) is 26.9. The number of carbonyl (C=O) groups excluding carboxylic acids is 2. The second-order valence-electron chi connectivity index (χ2n) is 8.73. The number of amides is 1. The molecule has 7 nitrogen and oxygen atoms in total. The summed E-state index contributed by atoms with van der Waals surface area (Å²) in [6, 6.07) is 18.3. The van der Waals surface area contributed by atoms with Gasteiger partial charge in [0.2, 0.25) is 5.91 Å². The summed E-state index contributed by atoms with van der Waals surface area (Å²) >= 11 is 0. The number of carbonyl (C=O) groups is 2. The van der Waals surface area contributed by atoms with Gasteiger partial charge in [0.1, 0.15) is 6.54 Å². The van der Waals surface area contributed by atoms with Crippen LogP contribution in [0.5, 0.6) is 0 Å². The summed E-state index contributed by atoms with van der Waals surface area (Å²) in [5, 5.41) is 2.73. The molecule has 0 bridgehead atoms. The number of unbranched alkanes of at least 4 members (excludes halogenated alkanes) is 1. The minimum absolute atomic E-state index is 0.104. The molecule has 3 rings (SSSR count). The fourth-order valence-electron chi connectivity index (χ4n) is 3.54.